The van der Waals surface area contributed by atoms with Gasteiger partial charge >= 0.3 is 0 Å². The van der Waals surface area contributed by atoms with Crippen LogP contribution in [-0.4, -0.2) is 12.6 Å². The Morgan fingerprint density at radius 1 is 1.07 bits per heavy atom. The first-order valence-electron chi connectivity index (χ1n) is 6.60. The van der Waals surface area contributed by atoms with Crippen molar-refractivity contribution in [3.8, 4) is 0 Å². The van der Waals surface area contributed by atoms with Crippen LogP contribution >= 0.6 is 0 Å². The fourth-order valence-corrected chi connectivity index (χ4v) is 2.69. The van der Waals surface area contributed by atoms with Gasteiger partial charge < -0.3 is 5.32 Å². The minimum atomic E-state index is 0.781. The maximum absolute atomic E-state index is 3.60. The van der Waals surface area contributed by atoms with E-state index >= 15 is 0 Å². The van der Waals surface area contributed by atoms with Gasteiger partial charge in [0.2, 0.25) is 0 Å². The Balaban J connectivity index is 2.24. The summed E-state index contributed by atoms with van der Waals surface area (Å²) in [6.45, 7) is 5.66. The van der Waals surface area contributed by atoms with Crippen LogP contribution in [0.3, 0.4) is 0 Å². The predicted molar refractivity (Wildman–Crippen MR) is 63.6 cm³/mol. The molecule has 1 unspecified atom stereocenters. The van der Waals surface area contributed by atoms with Gasteiger partial charge in [-0.3, -0.25) is 0 Å². The van der Waals surface area contributed by atoms with E-state index in [1.165, 1.54) is 51.4 Å². The van der Waals surface area contributed by atoms with Crippen LogP contribution in [0.2, 0.25) is 0 Å². The number of hydrogen-bond donors (Lipinski definition) is 1. The summed E-state index contributed by atoms with van der Waals surface area (Å²) in [7, 11) is 0. The Hall–Kier alpha value is -0.0400. The number of nitrogens with one attached hydrogen (secondary N) is 1. The molecule has 0 amide bonds. The molecule has 0 aliphatic heterocycles. The Morgan fingerprint density at radius 2 is 1.71 bits per heavy atom. The van der Waals surface area contributed by atoms with Gasteiger partial charge in [-0.25, -0.2) is 0 Å². The van der Waals surface area contributed by atoms with Crippen molar-refractivity contribution in [2.24, 2.45) is 5.92 Å². The molecule has 0 heterocycles. The lowest BCUT2D eigenvalue weighted by Gasteiger charge is -2.22. The topological polar surface area (TPSA) is 12.0 Å². The first-order chi connectivity index (χ1) is 6.86. The maximum Gasteiger partial charge on any atom is 0.00669 e. The highest BCUT2D eigenvalue weighted by atomic mass is 14.9. The van der Waals surface area contributed by atoms with Gasteiger partial charge in [0.05, 0.1) is 0 Å². The van der Waals surface area contributed by atoms with Gasteiger partial charge in [-0.2, -0.15) is 0 Å². The minimum absolute atomic E-state index is 0.781. The normalized spacial score (nSPS) is 21.9. The summed E-state index contributed by atoms with van der Waals surface area (Å²) in [5.41, 5.74) is 0. The van der Waals surface area contributed by atoms with E-state index in [9.17, 15) is 0 Å². The third-order valence-electron chi connectivity index (χ3n) is 3.58. The van der Waals surface area contributed by atoms with E-state index in [1.54, 1.807) is 0 Å². The van der Waals surface area contributed by atoms with Gasteiger partial charge in [0.25, 0.3) is 0 Å². The molecule has 1 heteroatoms. The van der Waals surface area contributed by atoms with Gasteiger partial charge in [-0.15, -0.1) is 0 Å². The van der Waals surface area contributed by atoms with Crippen molar-refractivity contribution in [3.63, 3.8) is 0 Å². The second-order valence-corrected chi connectivity index (χ2v) is 4.76. The molecule has 1 fully saturated rings. The van der Waals surface area contributed by atoms with E-state index in [-0.39, 0.29) is 0 Å². The van der Waals surface area contributed by atoms with Crippen LogP contribution in [0.4, 0.5) is 0 Å². The average Bonchev–Trinajstić information content (AvgIpc) is 2.45. The van der Waals surface area contributed by atoms with E-state index < -0.39 is 0 Å². The van der Waals surface area contributed by atoms with Crippen LogP contribution in [0, 0.1) is 5.92 Å². The van der Waals surface area contributed by atoms with Gasteiger partial charge in [0.1, 0.15) is 0 Å². The summed E-state index contributed by atoms with van der Waals surface area (Å²) >= 11 is 0. The zero-order valence-electron chi connectivity index (χ0n) is 10.0. The molecule has 1 N–H and O–H groups in total. The molecule has 1 saturated carbocycles. The molecule has 14 heavy (non-hydrogen) atoms. The smallest absolute Gasteiger partial charge is 0.00669 e. The minimum Gasteiger partial charge on any atom is -0.314 e. The van der Waals surface area contributed by atoms with Crippen molar-refractivity contribution in [3.05, 3.63) is 0 Å². The zero-order chi connectivity index (χ0) is 10.2. The van der Waals surface area contributed by atoms with Crippen LogP contribution < -0.4 is 5.32 Å². The van der Waals surface area contributed by atoms with Crippen molar-refractivity contribution in [1.29, 1.82) is 0 Å². The van der Waals surface area contributed by atoms with E-state index in [1.807, 2.05) is 0 Å². The fraction of sp³-hybridized carbons (Fsp3) is 1.00. The monoisotopic (exact) mass is 197 g/mol. The van der Waals surface area contributed by atoms with E-state index in [4.69, 9.17) is 0 Å². The molecule has 84 valence electrons. The lowest BCUT2D eigenvalue weighted by molar-refractivity contribution is 0.349. The highest BCUT2D eigenvalue weighted by molar-refractivity contribution is 4.72. The van der Waals surface area contributed by atoms with Gasteiger partial charge in [-0.05, 0) is 25.3 Å². The highest BCUT2D eigenvalue weighted by Gasteiger charge is 2.16. The largest absolute Gasteiger partial charge is 0.314 e. The first kappa shape index (κ1) is 12.0. The molecule has 0 radical (unpaired) electrons. The SMILES string of the molecule is CCNC(CC)CC1CCCCCC1. The molecule has 1 atom stereocenters. The fourth-order valence-electron chi connectivity index (χ4n) is 2.69. The lowest BCUT2D eigenvalue weighted by atomic mass is 9.91. The second-order valence-electron chi connectivity index (χ2n) is 4.76. The second kappa shape index (κ2) is 7.28. The third-order valence-corrected chi connectivity index (χ3v) is 3.58. The molecular weight excluding hydrogens is 170 g/mol. The van der Waals surface area contributed by atoms with Crippen molar-refractivity contribution >= 4 is 0 Å². The molecule has 1 aliphatic rings. The Labute approximate surface area is 89.7 Å². The summed E-state index contributed by atoms with van der Waals surface area (Å²) in [6.07, 6.45) is 11.6. The maximum atomic E-state index is 3.60. The van der Waals surface area contributed by atoms with Crippen LogP contribution in [0.15, 0.2) is 0 Å². The van der Waals surface area contributed by atoms with Crippen molar-refractivity contribution in [2.45, 2.75) is 71.3 Å². The third kappa shape index (κ3) is 4.45. The van der Waals surface area contributed by atoms with Gasteiger partial charge in [-0.1, -0.05) is 52.4 Å². The molecule has 0 saturated heterocycles. The standard InChI is InChI=1S/C13H27N/c1-3-13(14-4-2)11-12-9-7-5-6-8-10-12/h12-14H,3-11H2,1-2H3. The average molecular weight is 197 g/mol. The van der Waals surface area contributed by atoms with Crippen LogP contribution in [0.25, 0.3) is 0 Å². The molecule has 0 bridgehead atoms. The molecule has 0 spiro atoms. The molecule has 1 aliphatic carbocycles. The molecule has 0 aromatic heterocycles. The summed E-state index contributed by atoms with van der Waals surface area (Å²) in [5, 5.41) is 3.60. The van der Waals surface area contributed by atoms with Gasteiger partial charge in [0, 0.05) is 6.04 Å². The van der Waals surface area contributed by atoms with Crippen molar-refractivity contribution in [2.75, 3.05) is 6.54 Å². The Bertz CT molecular complexity index is 125. The molecule has 0 aromatic rings. The zero-order valence-corrected chi connectivity index (χ0v) is 10.0. The number of hydrogen-bond acceptors (Lipinski definition) is 1. The quantitative estimate of drug-likeness (QED) is 0.662. The summed E-state index contributed by atoms with van der Waals surface area (Å²) in [4.78, 5) is 0. The van der Waals surface area contributed by atoms with Crippen molar-refractivity contribution < 1.29 is 0 Å². The van der Waals surface area contributed by atoms with Gasteiger partial charge in [0.15, 0.2) is 0 Å². The summed E-state index contributed by atoms with van der Waals surface area (Å²) in [5.74, 6) is 1.02. The Kier molecular flexibility index (Phi) is 6.25. The lowest BCUT2D eigenvalue weighted by Crippen LogP contribution is -2.30. The summed E-state index contributed by atoms with van der Waals surface area (Å²) < 4.78 is 0. The molecular formula is C13H27N. The van der Waals surface area contributed by atoms with E-state index in [0.29, 0.717) is 0 Å². The molecule has 1 nitrogen and oxygen atoms in total. The Morgan fingerprint density at radius 3 is 2.21 bits per heavy atom. The highest BCUT2D eigenvalue weighted by Crippen LogP contribution is 2.26. The van der Waals surface area contributed by atoms with Crippen LogP contribution in [-0.2, 0) is 0 Å². The van der Waals surface area contributed by atoms with E-state index in [0.717, 1.165) is 18.5 Å². The summed E-state index contributed by atoms with van der Waals surface area (Å²) in [6, 6.07) is 0.781. The molecule has 0 aromatic carbocycles. The first-order valence-corrected chi connectivity index (χ1v) is 6.60. The van der Waals surface area contributed by atoms with Crippen molar-refractivity contribution in [1.82, 2.24) is 5.32 Å². The number of rotatable bonds is 5. The van der Waals surface area contributed by atoms with Crippen LogP contribution in [0.5, 0.6) is 0 Å². The predicted octanol–water partition coefficient (Wildman–Crippen LogP) is 3.74. The van der Waals surface area contributed by atoms with Crippen LogP contribution in [0.1, 0.15) is 65.2 Å². The van der Waals surface area contributed by atoms with E-state index in [2.05, 4.69) is 19.2 Å². The molecule has 1 rings (SSSR count).